The van der Waals surface area contributed by atoms with Gasteiger partial charge in [0, 0.05) is 26.3 Å². The molecule has 0 fully saturated rings. The zero-order chi connectivity index (χ0) is 17.0. The lowest BCUT2D eigenvalue weighted by atomic mass is 10.1. The zero-order valence-corrected chi connectivity index (χ0v) is 15.6. The van der Waals surface area contributed by atoms with Gasteiger partial charge in [-0.1, -0.05) is 25.2 Å². The highest BCUT2D eigenvalue weighted by Gasteiger charge is 2.10. The smallest absolute Gasteiger partial charge is 0.212 e. The van der Waals surface area contributed by atoms with Gasteiger partial charge in [-0.05, 0) is 48.8 Å². The number of nitrogens with zero attached hydrogens (tertiary/aromatic N) is 3. The molecule has 1 heterocycles. The van der Waals surface area contributed by atoms with Crippen molar-refractivity contribution in [3.8, 4) is 5.88 Å². The van der Waals surface area contributed by atoms with E-state index in [0.717, 1.165) is 24.3 Å². The molecule has 0 radical (unpaired) electrons. The molecular weight excluding hydrogens is 326 g/mol. The number of aromatic hydroxyl groups is 1. The van der Waals surface area contributed by atoms with E-state index in [-0.39, 0.29) is 5.88 Å². The third kappa shape index (κ3) is 4.65. The molecular formula is C17H23N3OS2. The average Bonchev–Trinajstić information content (AvgIpc) is 2.77. The number of hydrogen-bond donors (Lipinski definition) is 1. The molecule has 4 nitrogen and oxygen atoms in total. The van der Waals surface area contributed by atoms with Gasteiger partial charge in [0.1, 0.15) is 4.88 Å². The highest BCUT2D eigenvalue weighted by atomic mass is 32.1. The van der Waals surface area contributed by atoms with E-state index in [0.29, 0.717) is 14.7 Å². The second-order valence-corrected chi connectivity index (χ2v) is 7.73. The lowest BCUT2D eigenvalue weighted by Crippen LogP contribution is -2.07. The Balaban J connectivity index is 2.16. The van der Waals surface area contributed by atoms with Crippen LogP contribution in [0.3, 0.4) is 0 Å². The van der Waals surface area contributed by atoms with Crippen molar-refractivity contribution in [2.75, 3.05) is 19.0 Å². The predicted molar refractivity (Wildman–Crippen MR) is 102 cm³/mol. The van der Waals surface area contributed by atoms with Crippen LogP contribution in [-0.4, -0.2) is 30.0 Å². The fourth-order valence-corrected chi connectivity index (χ4v) is 3.28. The van der Waals surface area contributed by atoms with Gasteiger partial charge in [0.25, 0.3) is 0 Å². The van der Waals surface area contributed by atoms with Crippen molar-refractivity contribution in [2.45, 2.75) is 26.8 Å². The molecule has 2 aromatic rings. The maximum atomic E-state index is 10.3. The Bertz CT molecular complexity index is 727. The minimum Gasteiger partial charge on any atom is -0.493 e. The summed E-state index contributed by atoms with van der Waals surface area (Å²) in [5.41, 5.74) is 1.98. The van der Waals surface area contributed by atoms with Crippen molar-refractivity contribution >= 4 is 41.1 Å². The molecule has 1 aromatic carbocycles. The summed E-state index contributed by atoms with van der Waals surface area (Å²) >= 11 is 6.73. The van der Waals surface area contributed by atoms with Gasteiger partial charge in [0.2, 0.25) is 5.88 Å². The van der Waals surface area contributed by atoms with Crippen molar-refractivity contribution < 1.29 is 5.11 Å². The molecule has 23 heavy (non-hydrogen) atoms. The largest absolute Gasteiger partial charge is 0.493 e. The summed E-state index contributed by atoms with van der Waals surface area (Å²) < 4.78 is 2.48. The molecule has 0 saturated heterocycles. The van der Waals surface area contributed by atoms with Gasteiger partial charge in [-0.3, -0.25) is 9.56 Å². The van der Waals surface area contributed by atoms with E-state index in [1.807, 2.05) is 43.3 Å². The van der Waals surface area contributed by atoms with Crippen LogP contribution in [0.15, 0.2) is 29.3 Å². The van der Waals surface area contributed by atoms with Crippen molar-refractivity contribution in [3.63, 3.8) is 0 Å². The van der Waals surface area contributed by atoms with Crippen molar-refractivity contribution in [3.05, 3.63) is 33.1 Å². The van der Waals surface area contributed by atoms with Crippen LogP contribution in [0.25, 0.3) is 0 Å². The molecule has 124 valence electrons. The fourth-order valence-electron chi connectivity index (χ4n) is 2.05. The number of rotatable bonds is 6. The number of hydrogen-bond acceptors (Lipinski definition) is 5. The molecule has 0 aliphatic rings. The average molecular weight is 350 g/mol. The molecule has 0 spiro atoms. The lowest BCUT2D eigenvalue weighted by Gasteiger charge is -2.11. The monoisotopic (exact) mass is 349 g/mol. The van der Waals surface area contributed by atoms with E-state index in [1.165, 1.54) is 11.3 Å². The number of benzene rings is 1. The van der Waals surface area contributed by atoms with Crippen LogP contribution in [-0.2, 0) is 6.54 Å². The van der Waals surface area contributed by atoms with Crippen LogP contribution >= 0.6 is 23.6 Å². The van der Waals surface area contributed by atoms with Gasteiger partial charge >= 0.3 is 0 Å². The van der Waals surface area contributed by atoms with Gasteiger partial charge in [-0.15, -0.1) is 0 Å². The molecule has 0 atom stereocenters. The highest BCUT2D eigenvalue weighted by molar-refractivity contribution is 7.73. The third-order valence-electron chi connectivity index (χ3n) is 3.52. The molecule has 6 heteroatoms. The number of aliphatic imine (C=N–C) groups is 1. The predicted octanol–water partition coefficient (Wildman–Crippen LogP) is 4.85. The van der Waals surface area contributed by atoms with E-state index in [2.05, 4.69) is 18.8 Å². The van der Waals surface area contributed by atoms with E-state index < -0.39 is 0 Å². The van der Waals surface area contributed by atoms with E-state index in [9.17, 15) is 5.11 Å². The summed E-state index contributed by atoms with van der Waals surface area (Å²) in [5, 5.41) is 10.3. The lowest BCUT2D eigenvalue weighted by molar-refractivity contribution is 0.399. The summed E-state index contributed by atoms with van der Waals surface area (Å²) in [4.78, 5) is 7.18. The van der Waals surface area contributed by atoms with Crippen LogP contribution in [0.5, 0.6) is 5.88 Å². The van der Waals surface area contributed by atoms with Crippen molar-refractivity contribution in [1.29, 1.82) is 0 Å². The topological polar surface area (TPSA) is 40.8 Å². The van der Waals surface area contributed by atoms with Crippen LogP contribution in [0.4, 0.5) is 11.4 Å². The Labute approximate surface area is 146 Å². The van der Waals surface area contributed by atoms with Gasteiger partial charge < -0.3 is 10.0 Å². The second-order valence-electron chi connectivity index (χ2n) is 6.06. The Hall–Kier alpha value is -1.66. The molecule has 0 unspecified atom stereocenters. The maximum absolute atomic E-state index is 10.3. The minimum absolute atomic E-state index is 0.217. The number of thiazole rings is 1. The Kier molecular flexibility index (Phi) is 5.96. The molecule has 2 rings (SSSR count). The van der Waals surface area contributed by atoms with Crippen LogP contribution in [0.1, 0.15) is 25.1 Å². The van der Waals surface area contributed by atoms with Crippen molar-refractivity contribution in [1.82, 2.24) is 4.57 Å². The first-order valence-electron chi connectivity index (χ1n) is 7.62. The number of aromatic nitrogens is 1. The standard InChI is InChI=1S/C17H23N3OS2/c1-12(2)9-10-20-16(21)15(23-17(20)22)11-18-13-5-7-14(8-6-13)19(3)4/h5-8,11-12,21H,9-10H2,1-4H3. The van der Waals surface area contributed by atoms with E-state index >= 15 is 0 Å². The van der Waals surface area contributed by atoms with Gasteiger partial charge in [-0.2, -0.15) is 0 Å². The summed E-state index contributed by atoms with van der Waals surface area (Å²) in [6.07, 6.45) is 2.67. The molecule has 1 aromatic heterocycles. The Morgan fingerprint density at radius 1 is 1.30 bits per heavy atom. The summed E-state index contributed by atoms with van der Waals surface area (Å²) in [5.74, 6) is 0.790. The summed E-state index contributed by atoms with van der Waals surface area (Å²) in [6.45, 7) is 5.06. The van der Waals surface area contributed by atoms with E-state index in [4.69, 9.17) is 12.2 Å². The third-order valence-corrected chi connectivity index (χ3v) is 4.89. The molecule has 0 saturated carbocycles. The zero-order valence-electron chi connectivity index (χ0n) is 14.0. The van der Waals surface area contributed by atoms with Crippen LogP contribution in [0, 0.1) is 9.87 Å². The molecule has 1 N–H and O–H groups in total. The quantitative estimate of drug-likeness (QED) is 0.599. The van der Waals surface area contributed by atoms with Gasteiger partial charge in [0.15, 0.2) is 3.95 Å². The van der Waals surface area contributed by atoms with Gasteiger partial charge in [-0.25, -0.2) is 0 Å². The van der Waals surface area contributed by atoms with Gasteiger partial charge in [0.05, 0.1) is 11.9 Å². The minimum atomic E-state index is 0.217. The molecule has 0 amide bonds. The summed E-state index contributed by atoms with van der Waals surface area (Å²) in [7, 11) is 4.01. The highest BCUT2D eigenvalue weighted by Crippen LogP contribution is 2.26. The van der Waals surface area contributed by atoms with Crippen molar-refractivity contribution in [2.24, 2.45) is 10.9 Å². The fraction of sp³-hybridized carbons (Fsp3) is 0.412. The molecule has 0 aliphatic heterocycles. The Morgan fingerprint density at radius 3 is 2.52 bits per heavy atom. The first-order chi connectivity index (χ1) is 10.9. The first-order valence-corrected chi connectivity index (χ1v) is 8.85. The maximum Gasteiger partial charge on any atom is 0.212 e. The van der Waals surface area contributed by atoms with E-state index in [1.54, 1.807) is 10.8 Å². The molecule has 0 aliphatic carbocycles. The second kappa shape index (κ2) is 7.75. The Morgan fingerprint density at radius 2 is 1.96 bits per heavy atom. The van der Waals surface area contributed by atoms with Crippen LogP contribution < -0.4 is 4.90 Å². The number of anilines is 1. The molecule has 0 bridgehead atoms. The normalized spacial score (nSPS) is 11.5. The first kappa shape index (κ1) is 17.7. The van der Waals surface area contributed by atoms with Crippen LogP contribution in [0.2, 0.25) is 0 Å². The SMILES string of the molecule is CC(C)CCn1c(O)c(C=Nc2ccc(N(C)C)cc2)sc1=S. The summed E-state index contributed by atoms with van der Waals surface area (Å²) in [6, 6.07) is 7.94.